The van der Waals surface area contributed by atoms with Crippen LogP contribution < -0.4 is 15.5 Å². The summed E-state index contributed by atoms with van der Waals surface area (Å²) >= 11 is 12.2. The fourth-order valence-electron chi connectivity index (χ4n) is 4.20. The van der Waals surface area contributed by atoms with Gasteiger partial charge in [-0.15, -0.1) is 0 Å². The van der Waals surface area contributed by atoms with Gasteiger partial charge in [0.25, 0.3) is 17.7 Å². The minimum absolute atomic E-state index is 0.108. The maximum Gasteiger partial charge on any atom is 0.273 e. The van der Waals surface area contributed by atoms with E-state index >= 15 is 0 Å². The quantitative estimate of drug-likeness (QED) is 0.486. The number of halogens is 4. The van der Waals surface area contributed by atoms with Crippen LogP contribution in [0.3, 0.4) is 0 Å². The number of alkyl halides is 2. The number of hydrogen-bond donors (Lipinski definition) is 2. The molecule has 0 bridgehead atoms. The Morgan fingerprint density at radius 1 is 1.09 bits per heavy atom. The third kappa shape index (κ3) is 3.81. The van der Waals surface area contributed by atoms with Crippen LogP contribution in [0.15, 0.2) is 60.8 Å². The largest absolute Gasteiger partial charge is 0.308 e. The zero-order valence-electron chi connectivity index (χ0n) is 17.6. The Morgan fingerprint density at radius 3 is 2.53 bits per heavy atom. The summed E-state index contributed by atoms with van der Waals surface area (Å²) in [7, 11) is 0. The Kier molecular flexibility index (Phi) is 5.55. The van der Waals surface area contributed by atoms with Crippen molar-refractivity contribution in [2.75, 3.05) is 23.3 Å². The molecule has 1 aromatic heterocycles. The molecule has 0 aliphatic carbocycles. The van der Waals surface area contributed by atoms with E-state index in [9.17, 15) is 18.4 Å². The first-order valence-electron chi connectivity index (χ1n) is 10.5. The first kappa shape index (κ1) is 22.7. The normalized spacial score (nSPS) is 20.4. The summed E-state index contributed by atoms with van der Waals surface area (Å²) in [5, 5.41) is 6.04. The molecule has 2 amide bonds. The monoisotopic (exact) mass is 502 g/mol. The lowest BCUT2D eigenvalue weighted by Crippen LogP contribution is -2.37. The standard InChI is InChI=1S/C24H18Cl2F2N4O2/c25-15-6-7-19-17(11-15)23(13-30-23)24(27,28)9-10-32(19)22(34)14-5-8-20(29-12-14)31-21(33)16-3-1-2-4-18(16)26/h1-8,11-12,30H,9-10,13H2,(H,29,31,33). The summed E-state index contributed by atoms with van der Waals surface area (Å²) in [4.78, 5) is 31.2. The molecule has 3 heterocycles. The predicted octanol–water partition coefficient (Wildman–Crippen LogP) is 5.13. The van der Waals surface area contributed by atoms with Gasteiger partial charge in [-0.3, -0.25) is 14.9 Å². The number of pyridine rings is 1. The molecule has 1 fully saturated rings. The fraction of sp³-hybridized carbons (Fsp3) is 0.208. The summed E-state index contributed by atoms with van der Waals surface area (Å²) in [6.07, 6.45) is 0.797. The minimum atomic E-state index is -3.05. The predicted molar refractivity (Wildman–Crippen MR) is 126 cm³/mol. The lowest BCUT2D eigenvalue weighted by molar-refractivity contribution is -0.0444. The van der Waals surface area contributed by atoms with Crippen LogP contribution in [-0.2, 0) is 5.54 Å². The van der Waals surface area contributed by atoms with E-state index in [4.69, 9.17) is 23.2 Å². The van der Waals surface area contributed by atoms with Crippen LogP contribution in [0.25, 0.3) is 0 Å². The van der Waals surface area contributed by atoms with Crippen LogP contribution in [-0.4, -0.2) is 35.8 Å². The Bertz CT molecular complexity index is 1300. The average molecular weight is 503 g/mol. The van der Waals surface area contributed by atoms with Crippen molar-refractivity contribution in [2.24, 2.45) is 0 Å². The van der Waals surface area contributed by atoms with Crippen LogP contribution in [0.4, 0.5) is 20.3 Å². The van der Waals surface area contributed by atoms with Gasteiger partial charge in [-0.05, 0) is 42.5 Å². The molecule has 6 nitrogen and oxygen atoms in total. The molecule has 5 rings (SSSR count). The van der Waals surface area contributed by atoms with E-state index in [0.29, 0.717) is 21.3 Å². The zero-order valence-corrected chi connectivity index (χ0v) is 19.1. The Balaban J connectivity index is 1.41. The maximum atomic E-state index is 15.0. The van der Waals surface area contributed by atoms with Crippen molar-refractivity contribution in [3.8, 4) is 0 Å². The zero-order chi connectivity index (χ0) is 24.1. The molecule has 2 N–H and O–H groups in total. The molecule has 2 aliphatic rings. The molecule has 2 aromatic carbocycles. The molecule has 0 saturated carbocycles. The van der Waals surface area contributed by atoms with E-state index in [-0.39, 0.29) is 30.0 Å². The SMILES string of the molecule is O=C(Nc1ccc(C(=O)N2CCC(F)(F)C3(CN3)c3cc(Cl)ccc32)cn1)c1ccccc1Cl. The van der Waals surface area contributed by atoms with Crippen molar-refractivity contribution in [1.29, 1.82) is 0 Å². The number of hydrogen-bond acceptors (Lipinski definition) is 4. The van der Waals surface area contributed by atoms with Gasteiger partial charge in [-0.25, -0.2) is 13.8 Å². The van der Waals surface area contributed by atoms with Crippen molar-refractivity contribution in [1.82, 2.24) is 10.3 Å². The molecule has 10 heteroatoms. The number of nitrogens with zero attached hydrogens (tertiary/aromatic N) is 2. The number of fused-ring (bicyclic) bond motifs is 2. The molecule has 2 aliphatic heterocycles. The van der Waals surface area contributed by atoms with Gasteiger partial charge in [-0.2, -0.15) is 0 Å². The molecule has 1 atom stereocenters. The second-order valence-electron chi connectivity index (χ2n) is 8.20. The molecule has 174 valence electrons. The second-order valence-corrected chi connectivity index (χ2v) is 9.04. The van der Waals surface area contributed by atoms with Crippen LogP contribution in [0, 0.1) is 0 Å². The van der Waals surface area contributed by atoms with E-state index in [1.807, 2.05) is 0 Å². The Morgan fingerprint density at radius 2 is 1.85 bits per heavy atom. The van der Waals surface area contributed by atoms with Gasteiger partial charge in [0.1, 0.15) is 11.4 Å². The van der Waals surface area contributed by atoms with Crippen molar-refractivity contribution in [3.63, 3.8) is 0 Å². The topological polar surface area (TPSA) is 84.2 Å². The molecule has 34 heavy (non-hydrogen) atoms. The highest BCUT2D eigenvalue weighted by Gasteiger charge is 2.65. The van der Waals surface area contributed by atoms with Crippen LogP contribution in [0.2, 0.25) is 10.0 Å². The van der Waals surface area contributed by atoms with E-state index in [1.165, 1.54) is 29.3 Å². The molecular weight excluding hydrogens is 485 g/mol. The van der Waals surface area contributed by atoms with Gasteiger partial charge in [0.05, 0.1) is 16.1 Å². The fourth-order valence-corrected chi connectivity index (χ4v) is 4.59. The van der Waals surface area contributed by atoms with Gasteiger partial charge in [0.2, 0.25) is 0 Å². The van der Waals surface area contributed by atoms with E-state index < -0.39 is 29.7 Å². The van der Waals surface area contributed by atoms with Gasteiger partial charge < -0.3 is 10.2 Å². The molecule has 0 radical (unpaired) electrons. The van der Waals surface area contributed by atoms with Gasteiger partial charge in [-0.1, -0.05) is 35.3 Å². The van der Waals surface area contributed by atoms with Gasteiger partial charge in [0.15, 0.2) is 0 Å². The lowest BCUT2D eigenvalue weighted by Gasteiger charge is -2.24. The number of rotatable bonds is 3. The number of aromatic nitrogens is 1. The van der Waals surface area contributed by atoms with Gasteiger partial charge in [0, 0.05) is 42.0 Å². The average Bonchev–Trinajstić information content (AvgIpc) is 3.63. The molecule has 1 unspecified atom stereocenters. The first-order chi connectivity index (χ1) is 16.2. The number of carbonyl (C=O) groups excluding carboxylic acids is 2. The van der Waals surface area contributed by atoms with Crippen LogP contribution in [0.5, 0.6) is 0 Å². The number of benzene rings is 2. The van der Waals surface area contributed by atoms with Crippen LogP contribution in [0.1, 0.15) is 32.7 Å². The summed E-state index contributed by atoms with van der Waals surface area (Å²) < 4.78 is 30.0. The van der Waals surface area contributed by atoms with Crippen molar-refractivity contribution >= 4 is 46.5 Å². The first-order valence-corrected chi connectivity index (χ1v) is 11.2. The van der Waals surface area contributed by atoms with Crippen molar-refractivity contribution in [3.05, 3.63) is 87.5 Å². The Hall–Kier alpha value is -3.07. The third-order valence-corrected chi connectivity index (χ3v) is 6.69. The highest BCUT2D eigenvalue weighted by molar-refractivity contribution is 6.34. The summed E-state index contributed by atoms with van der Waals surface area (Å²) in [6, 6.07) is 14.2. The molecule has 3 aromatic rings. The summed E-state index contributed by atoms with van der Waals surface area (Å²) in [5.74, 6) is -3.75. The number of anilines is 2. The van der Waals surface area contributed by atoms with Crippen molar-refractivity contribution in [2.45, 2.75) is 17.9 Å². The van der Waals surface area contributed by atoms with E-state index in [2.05, 4.69) is 15.6 Å². The number of nitrogens with one attached hydrogen (secondary N) is 2. The lowest BCUT2D eigenvalue weighted by atomic mass is 9.90. The third-order valence-electron chi connectivity index (χ3n) is 6.13. The van der Waals surface area contributed by atoms with E-state index in [1.54, 1.807) is 36.4 Å². The summed E-state index contributed by atoms with van der Waals surface area (Å²) in [5.41, 5.74) is -0.359. The van der Waals surface area contributed by atoms with Crippen LogP contribution >= 0.6 is 23.2 Å². The van der Waals surface area contributed by atoms with E-state index in [0.717, 1.165) is 0 Å². The Labute approximate surface area is 203 Å². The number of carbonyl (C=O) groups is 2. The number of amides is 2. The van der Waals surface area contributed by atoms with Gasteiger partial charge >= 0.3 is 0 Å². The second kappa shape index (κ2) is 8.30. The smallest absolute Gasteiger partial charge is 0.273 e. The highest BCUT2D eigenvalue weighted by atomic mass is 35.5. The minimum Gasteiger partial charge on any atom is -0.308 e. The molecular formula is C24H18Cl2F2N4O2. The maximum absolute atomic E-state index is 15.0. The van der Waals surface area contributed by atoms with Crippen molar-refractivity contribution < 1.29 is 18.4 Å². The summed E-state index contributed by atoms with van der Waals surface area (Å²) in [6.45, 7) is -0.0638. The molecule has 1 saturated heterocycles. The highest BCUT2D eigenvalue weighted by Crippen LogP contribution is 2.52. The molecule has 1 spiro atoms.